The van der Waals surface area contributed by atoms with Gasteiger partial charge in [0.15, 0.2) is 0 Å². The van der Waals surface area contributed by atoms with E-state index in [9.17, 15) is 4.79 Å². The first-order valence-corrected chi connectivity index (χ1v) is 8.11. The second kappa shape index (κ2) is 7.62. The standard InChI is InChI=1S/C21H20N2O2/c1-15(18-10-9-17-5-3-4-6-19(17)14-18)22-23-21(24)13-16-7-11-20(25-2)12-8-16/h3-12,14H,13H2,1-2H3,(H,23,24). The predicted molar refractivity (Wildman–Crippen MR) is 101 cm³/mol. The topological polar surface area (TPSA) is 50.7 Å². The molecule has 4 heteroatoms. The lowest BCUT2D eigenvalue weighted by molar-refractivity contribution is -0.120. The average Bonchev–Trinajstić information content (AvgIpc) is 2.66. The van der Waals surface area contributed by atoms with Crippen LogP contribution in [0.1, 0.15) is 18.1 Å². The normalized spacial score (nSPS) is 11.4. The van der Waals surface area contributed by atoms with E-state index in [2.05, 4.69) is 34.8 Å². The molecule has 3 aromatic carbocycles. The van der Waals surface area contributed by atoms with Crippen LogP contribution in [0.25, 0.3) is 10.8 Å². The first-order valence-electron chi connectivity index (χ1n) is 8.11. The van der Waals surface area contributed by atoms with Gasteiger partial charge in [0.25, 0.3) is 0 Å². The van der Waals surface area contributed by atoms with E-state index >= 15 is 0 Å². The van der Waals surface area contributed by atoms with E-state index < -0.39 is 0 Å². The van der Waals surface area contributed by atoms with Gasteiger partial charge < -0.3 is 4.74 Å². The molecule has 0 unspecified atom stereocenters. The van der Waals surface area contributed by atoms with Gasteiger partial charge in [0.2, 0.25) is 5.91 Å². The highest BCUT2D eigenvalue weighted by Gasteiger charge is 2.04. The van der Waals surface area contributed by atoms with E-state index in [1.165, 1.54) is 5.39 Å². The fourth-order valence-electron chi connectivity index (χ4n) is 2.59. The van der Waals surface area contributed by atoms with Crippen LogP contribution in [-0.2, 0) is 11.2 Å². The molecular weight excluding hydrogens is 312 g/mol. The molecule has 0 aliphatic heterocycles. The van der Waals surface area contributed by atoms with Crippen LogP contribution in [0.3, 0.4) is 0 Å². The Balaban J connectivity index is 1.65. The molecule has 0 aliphatic carbocycles. The summed E-state index contributed by atoms with van der Waals surface area (Å²) in [7, 11) is 1.62. The van der Waals surface area contributed by atoms with Gasteiger partial charge in [0.1, 0.15) is 5.75 Å². The van der Waals surface area contributed by atoms with Crippen molar-refractivity contribution in [2.24, 2.45) is 5.10 Å². The molecule has 25 heavy (non-hydrogen) atoms. The monoisotopic (exact) mass is 332 g/mol. The largest absolute Gasteiger partial charge is 0.497 e. The van der Waals surface area contributed by atoms with Crippen LogP contribution in [0, 0.1) is 0 Å². The van der Waals surface area contributed by atoms with Gasteiger partial charge in [-0.05, 0) is 47.0 Å². The molecule has 3 aromatic rings. The first kappa shape index (κ1) is 16.7. The fraction of sp³-hybridized carbons (Fsp3) is 0.143. The maximum Gasteiger partial charge on any atom is 0.244 e. The lowest BCUT2D eigenvalue weighted by atomic mass is 10.0. The Hall–Kier alpha value is -3.14. The molecule has 4 nitrogen and oxygen atoms in total. The summed E-state index contributed by atoms with van der Waals surface area (Å²) >= 11 is 0. The van der Waals surface area contributed by atoms with Gasteiger partial charge in [0, 0.05) is 0 Å². The van der Waals surface area contributed by atoms with E-state index in [0.29, 0.717) is 0 Å². The molecular formula is C21H20N2O2. The van der Waals surface area contributed by atoms with Gasteiger partial charge in [-0.3, -0.25) is 4.79 Å². The summed E-state index contributed by atoms with van der Waals surface area (Å²) in [6.07, 6.45) is 0.276. The minimum atomic E-state index is -0.148. The maximum atomic E-state index is 12.1. The van der Waals surface area contributed by atoms with Crippen LogP contribution < -0.4 is 10.2 Å². The minimum Gasteiger partial charge on any atom is -0.497 e. The van der Waals surface area contributed by atoms with Gasteiger partial charge >= 0.3 is 0 Å². The molecule has 0 spiro atoms. The second-order valence-electron chi connectivity index (χ2n) is 5.82. The molecule has 0 heterocycles. The van der Waals surface area contributed by atoms with Crippen molar-refractivity contribution in [1.29, 1.82) is 0 Å². The number of carbonyl (C=O) groups is 1. The van der Waals surface area contributed by atoms with Crippen LogP contribution in [0.2, 0.25) is 0 Å². The molecule has 3 rings (SSSR count). The predicted octanol–water partition coefficient (Wildman–Crippen LogP) is 3.93. The van der Waals surface area contributed by atoms with Crippen LogP contribution >= 0.6 is 0 Å². The number of methoxy groups -OCH3 is 1. The molecule has 0 radical (unpaired) electrons. The van der Waals surface area contributed by atoms with Gasteiger partial charge in [0.05, 0.1) is 19.2 Å². The quantitative estimate of drug-likeness (QED) is 0.568. The van der Waals surface area contributed by atoms with Gasteiger partial charge in [-0.1, -0.05) is 48.5 Å². The molecule has 0 aromatic heterocycles. The summed E-state index contributed by atoms with van der Waals surface area (Å²) in [4.78, 5) is 12.1. The number of benzene rings is 3. The van der Waals surface area contributed by atoms with E-state index in [1.807, 2.05) is 49.4 Å². The van der Waals surface area contributed by atoms with Crippen molar-refractivity contribution in [2.75, 3.05) is 7.11 Å². The zero-order chi connectivity index (χ0) is 17.6. The lowest BCUT2D eigenvalue weighted by Crippen LogP contribution is -2.21. The number of fused-ring (bicyclic) bond motifs is 1. The van der Waals surface area contributed by atoms with Crippen LogP contribution in [0.4, 0.5) is 0 Å². The summed E-state index contributed by atoms with van der Waals surface area (Å²) in [6.45, 7) is 1.89. The Bertz CT molecular complexity index is 915. The van der Waals surface area contributed by atoms with Crippen molar-refractivity contribution in [3.63, 3.8) is 0 Å². The number of rotatable bonds is 5. The Morgan fingerprint density at radius 1 is 1.00 bits per heavy atom. The van der Waals surface area contributed by atoms with Crippen molar-refractivity contribution in [3.8, 4) is 5.75 Å². The highest BCUT2D eigenvalue weighted by molar-refractivity contribution is 6.02. The minimum absolute atomic E-state index is 0.148. The van der Waals surface area contributed by atoms with Crippen molar-refractivity contribution in [1.82, 2.24) is 5.43 Å². The van der Waals surface area contributed by atoms with Crippen molar-refractivity contribution in [2.45, 2.75) is 13.3 Å². The molecule has 0 fully saturated rings. The van der Waals surface area contributed by atoms with Gasteiger partial charge in [-0.15, -0.1) is 0 Å². The number of hydrogen-bond acceptors (Lipinski definition) is 3. The van der Waals surface area contributed by atoms with Crippen molar-refractivity contribution >= 4 is 22.4 Å². The maximum absolute atomic E-state index is 12.1. The van der Waals surface area contributed by atoms with Crippen molar-refractivity contribution < 1.29 is 9.53 Å². The van der Waals surface area contributed by atoms with Gasteiger partial charge in [-0.2, -0.15) is 5.10 Å². The number of nitrogens with zero attached hydrogens (tertiary/aromatic N) is 1. The van der Waals surface area contributed by atoms with Crippen LogP contribution in [0.15, 0.2) is 71.8 Å². The first-order chi connectivity index (χ1) is 12.2. The summed E-state index contributed by atoms with van der Waals surface area (Å²) in [5, 5.41) is 6.56. The van der Waals surface area contributed by atoms with Crippen LogP contribution in [0.5, 0.6) is 5.75 Å². The van der Waals surface area contributed by atoms with E-state index in [-0.39, 0.29) is 12.3 Å². The van der Waals surface area contributed by atoms with Crippen molar-refractivity contribution in [3.05, 3.63) is 77.9 Å². The molecule has 0 aliphatic rings. The third-order valence-corrected chi connectivity index (χ3v) is 4.04. The van der Waals surface area contributed by atoms with Crippen LogP contribution in [-0.4, -0.2) is 18.7 Å². The fourth-order valence-corrected chi connectivity index (χ4v) is 2.59. The molecule has 1 amide bonds. The lowest BCUT2D eigenvalue weighted by Gasteiger charge is -2.05. The van der Waals surface area contributed by atoms with E-state index in [1.54, 1.807) is 7.11 Å². The number of amides is 1. The molecule has 0 bridgehead atoms. The molecule has 0 saturated carbocycles. The summed E-state index contributed by atoms with van der Waals surface area (Å²) < 4.78 is 5.11. The number of hydrazone groups is 1. The van der Waals surface area contributed by atoms with E-state index in [0.717, 1.165) is 28.0 Å². The number of ether oxygens (including phenoxy) is 1. The Kier molecular flexibility index (Phi) is 5.09. The smallest absolute Gasteiger partial charge is 0.244 e. The highest BCUT2D eigenvalue weighted by atomic mass is 16.5. The third-order valence-electron chi connectivity index (χ3n) is 4.04. The summed E-state index contributed by atoms with van der Waals surface area (Å²) in [5.74, 6) is 0.625. The zero-order valence-electron chi connectivity index (χ0n) is 14.3. The Morgan fingerprint density at radius 2 is 1.72 bits per heavy atom. The summed E-state index contributed by atoms with van der Waals surface area (Å²) in [5.41, 5.74) is 5.30. The Morgan fingerprint density at radius 3 is 2.44 bits per heavy atom. The highest BCUT2D eigenvalue weighted by Crippen LogP contribution is 2.16. The number of nitrogens with one attached hydrogen (secondary N) is 1. The number of carbonyl (C=O) groups excluding carboxylic acids is 1. The number of hydrogen-bond donors (Lipinski definition) is 1. The molecule has 0 saturated heterocycles. The van der Waals surface area contributed by atoms with Gasteiger partial charge in [-0.25, -0.2) is 5.43 Å². The zero-order valence-corrected chi connectivity index (χ0v) is 14.3. The van der Waals surface area contributed by atoms with E-state index in [4.69, 9.17) is 4.74 Å². The Labute approximate surface area is 147 Å². The summed E-state index contributed by atoms with van der Waals surface area (Å²) in [6, 6.07) is 21.7. The SMILES string of the molecule is COc1ccc(CC(=O)NN=C(C)c2ccc3ccccc3c2)cc1. The molecule has 1 N–H and O–H groups in total. The molecule has 126 valence electrons. The second-order valence-corrected chi connectivity index (χ2v) is 5.82. The molecule has 0 atom stereocenters. The average molecular weight is 332 g/mol. The third kappa shape index (κ3) is 4.23.